The molecule has 7 heteroatoms. The Bertz CT molecular complexity index is 862. The number of esters is 1. The predicted molar refractivity (Wildman–Crippen MR) is 95.7 cm³/mol. The Hall–Kier alpha value is -3.22. The first-order chi connectivity index (χ1) is 12.6. The quantitative estimate of drug-likeness (QED) is 0.608. The van der Waals surface area contributed by atoms with Crippen molar-refractivity contribution in [2.45, 2.75) is 26.5 Å². The summed E-state index contributed by atoms with van der Waals surface area (Å²) in [6, 6.07) is 16.5. The molecule has 1 aromatic heterocycles. The van der Waals surface area contributed by atoms with E-state index < -0.39 is 0 Å². The summed E-state index contributed by atoms with van der Waals surface area (Å²) in [5, 5.41) is 12.4. The first kappa shape index (κ1) is 17.6. The van der Waals surface area contributed by atoms with Crippen LogP contribution in [0.25, 0.3) is 11.4 Å². The zero-order chi connectivity index (χ0) is 18.4. The van der Waals surface area contributed by atoms with E-state index >= 15 is 0 Å². The summed E-state index contributed by atoms with van der Waals surface area (Å²) in [5.74, 6) is 0.874. The fraction of sp³-hybridized carbons (Fsp3) is 0.263. The maximum atomic E-state index is 12.0. The lowest BCUT2D eigenvalue weighted by molar-refractivity contribution is 0.0378. The molecule has 0 fully saturated rings. The van der Waals surface area contributed by atoms with Crippen molar-refractivity contribution in [3.8, 4) is 17.1 Å². The third-order valence-corrected chi connectivity index (χ3v) is 3.46. The summed E-state index contributed by atoms with van der Waals surface area (Å²) >= 11 is 0. The van der Waals surface area contributed by atoms with Crippen LogP contribution in [-0.4, -0.2) is 38.9 Å². The van der Waals surface area contributed by atoms with Crippen molar-refractivity contribution in [3.05, 3.63) is 60.2 Å². The molecule has 26 heavy (non-hydrogen) atoms. The highest BCUT2D eigenvalue weighted by molar-refractivity contribution is 5.90. The SMILES string of the molecule is CC(C)OC(=O)c1cccc(-c2nnn(CCOc3ccccc3)n2)c1. The molecule has 0 radical (unpaired) electrons. The van der Waals surface area contributed by atoms with E-state index in [0.717, 1.165) is 5.75 Å². The third-order valence-electron chi connectivity index (χ3n) is 3.46. The summed E-state index contributed by atoms with van der Waals surface area (Å²) in [5.41, 5.74) is 1.17. The predicted octanol–water partition coefficient (Wildman–Crippen LogP) is 2.98. The second-order valence-corrected chi connectivity index (χ2v) is 5.91. The Balaban J connectivity index is 1.63. The number of nitrogens with zero attached hydrogens (tertiary/aromatic N) is 4. The number of benzene rings is 2. The second kappa shape index (κ2) is 8.24. The minimum Gasteiger partial charge on any atom is -0.492 e. The van der Waals surface area contributed by atoms with Crippen molar-refractivity contribution in [1.29, 1.82) is 0 Å². The van der Waals surface area contributed by atoms with Crippen LogP contribution >= 0.6 is 0 Å². The molecule has 0 aliphatic rings. The van der Waals surface area contributed by atoms with Crippen molar-refractivity contribution < 1.29 is 14.3 Å². The molecule has 0 unspecified atom stereocenters. The normalized spacial score (nSPS) is 10.7. The molecular formula is C19H20N4O3. The summed E-state index contributed by atoms with van der Waals surface area (Å²) in [6.07, 6.45) is -0.172. The van der Waals surface area contributed by atoms with Gasteiger partial charge in [-0.25, -0.2) is 4.79 Å². The van der Waals surface area contributed by atoms with Gasteiger partial charge in [0.2, 0.25) is 5.82 Å². The number of carbonyl (C=O) groups is 1. The lowest BCUT2D eigenvalue weighted by Crippen LogP contribution is -2.11. The summed E-state index contributed by atoms with van der Waals surface area (Å²) in [6.45, 7) is 4.52. The van der Waals surface area contributed by atoms with Crippen molar-refractivity contribution in [3.63, 3.8) is 0 Å². The zero-order valence-corrected chi connectivity index (χ0v) is 14.7. The van der Waals surface area contributed by atoms with E-state index in [1.165, 1.54) is 4.80 Å². The molecule has 0 saturated heterocycles. The number of para-hydroxylation sites is 1. The zero-order valence-electron chi connectivity index (χ0n) is 14.7. The molecule has 7 nitrogen and oxygen atoms in total. The van der Waals surface area contributed by atoms with E-state index in [-0.39, 0.29) is 12.1 Å². The van der Waals surface area contributed by atoms with Crippen molar-refractivity contribution in [2.24, 2.45) is 0 Å². The Kier molecular flexibility index (Phi) is 5.58. The average Bonchev–Trinajstić information content (AvgIpc) is 3.11. The third kappa shape index (κ3) is 4.66. The molecule has 3 rings (SSSR count). The van der Waals surface area contributed by atoms with Gasteiger partial charge in [0.05, 0.1) is 18.2 Å². The smallest absolute Gasteiger partial charge is 0.338 e. The molecule has 0 aliphatic carbocycles. The number of tetrazole rings is 1. The van der Waals surface area contributed by atoms with Gasteiger partial charge in [0.1, 0.15) is 12.4 Å². The van der Waals surface area contributed by atoms with Crippen LogP contribution in [-0.2, 0) is 11.3 Å². The van der Waals surface area contributed by atoms with E-state index in [9.17, 15) is 4.79 Å². The molecule has 0 aliphatic heterocycles. The van der Waals surface area contributed by atoms with Crippen LogP contribution in [0.2, 0.25) is 0 Å². The Morgan fingerprint density at radius 2 is 1.92 bits per heavy atom. The maximum absolute atomic E-state index is 12.0. The van der Waals surface area contributed by atoms with Gasteiger partial charge in [-0.15, -0.1) is 10.2 Å². The molecule has 0 bridgehead atoms. The highest BCUT2D eigenvalue weighted by atomic mass is 16.5. The lowest BCUT2D eigenvalue weighted by Gasteiger charge is -2.08. The summed E-state index contributed by atoms with van der Waals surface area (Å²) in [4.78, 5) is 13.5. The van der Waals surface area contributed by atoms with Crippen LogP contribution in [0.3, 0.4) is 0 Å². The average molecular weight is 352 g/mol. The van der Waals surface area contributed by atoms with E-state index in [1.54, 1.807) is 18.2 Å². The van der Waals surface area contributed by atoms with Crippen LogP contribution < -0.4 is 4.74 Å². The van der Waals surface area contributed by atoms with Gasteiger partial charge in [-0.1, -0.05) is 30.3 Å². The number of carbonyl (C=O) groups excluding carboxylic acids is 1. The van der Waals surface area contributed by atoms with E-state index in [0.29, 0.717) is 30.1 Å². The molecule has 3 aromatic rings. The van der Waals surface area contributed by atoms with Crippen LogP contribution in [0.5, 0.6) is 5.75 Å². The summed E-state index contributed by atoms with van der Waals surface area (Å²) in [7, 11) is 0. The first-order valence-corrected chi connectivity index (χ1v) is 8.39. The van der Waals surface area contributed by atoms with Gasteiger partial charge in [0.25, 0.3) is 0 Å². The molecule has 0 N–H and O–H groups in total. The van der Waals surface area contributed by atoms with Crippen LogP contribution in [0, 0.1) is 0 Å². The Labute approximate surface area is 151 Å². The molecular weight excluding hydrogens is 332 g/mol. The van der Waals surface area contributed by atoms with Gasteiger partial charge >= 0.3 is 5.97 Å². The maximum Gasteiger partial charge on any atom is 0.338 e. The minimum absolute atomic E-state index is 0.172. The highest BCUT2D eigenvalue weighted by Crippen LogP contribution is 2.16. The van der Waals surface area contributed by atoms with Crippen molar-refractivity contribution in [1.82, 2.24) is 20.2 Å². The molecule has 0 spiro atoms. The van der Waals surface area contributed by atoms with E-state index in [2.05, 4.69) is 15.4 Å². The van der Waals surface area contributed by atoms with Gasteiger partial charge in [-0.3, -0.25) is 0 Å². The molecule has 0 saturated carbocycles. The highest BCUT2D eigenvalue weighted by Gasteiger charge is 2.12. The van der Waals surface area contributed by atoms with Gasteiger partial charge in [-0.05, 0) is 43.3 Å². The fourth-order valence-corrected chi connectivity index (χ4v) is 2.28. The Morgan fingerprint density at radius 3 is 2.69 bits per heavy atom. The Morgan fingerprint density at radius 1 is 1.12 bits per heavy atom. The molecule has 134 valence electrons. The second-order valence-electron chi connectivity index (χ2n) is 5.91. The van der Waals surface area contributed by atoms with Gasteiger partial charge in [0.15, 0.2) is 0 Å². The van der Waals surface area contributed by atoms with Crippen molar-refractivity contribution in [2.75, 3.05) is 6.61 Å². The van der Waals surface area contributed by atoms with Gasteiger partial charge in [0, 0.05) is 5.56 Å². The van der Waals surface area contributed by atoms with E-state index in [1.807, 2.05) is 50.2 Å². The fourth-order valence-electron chi connectivity index (χ4n) is 2.28. The number of rotatable bonds is 7. The largest absolute Gasteiger partial charge is 0.492 e. The number of ether oxygens (including phenoxy) is 2. The lowest BCUT2D eigenvalue weighted by atomic mass is 10.1. The number of hydrogen-bond acceptors (Lipinski definition) is 6. The molecule has 2 aromatic carbocycles. The topological polar surface area (TPSA) is 79.1 Å². The first-order valence-electron chi connectivity index (χ1n) is 8.39. The summed E-state index contributed by atoms with van der Waals surface area (Å²) < 4.78 is 10.8. The number of aromatic nitrogens is 4. The molecule has 0 amide bonds. The van der Waals surface area contributed by atoms with Gasteiger partial charge in [-0.2, -0.15) is 4.80 Å². The molecule has 1 heterocycles. The number of hydrogen-bond donors (Lipinski definition) is 0. The minimum atomic E-state index is -0.370. The molecule has 0 atom stereocenters. The van der Waals surface area contributed by atoms with Crippen LogP contribution in [0.15, 0.2) is 54.6 Å². The van der Waals surface area contributed by atoms with E-state index in [4.69, 9.17) is 9.47 Å². The van der Waals surface area contributed by atoms with Crippen LogP contribution in [0.4, 0.5) is 0 Å². The van der Waals surface area contributed by atoms with Gasteiger partial charge < -0.3 is 9.47 Å². The monoisotopic (exact) mass is 352 g/mol. The van der Waals surface area contributed by atoms with Crippen molar-refractivity contribution >= 4 is 5.97 Å². The standard InChI is InChI=1S/C19H20N4O3/c1-14(2)26-19(24)16-8-6-7-15(13-16)18-20-22-23(21-18)11-12-25-17-9-4-3-5-10-17/h3-10,13-14H,11-12H2,1-2H3. The van der Waals surface area contributed by atoms with Crippen LogP contribution in [0.1, 0.15) is 24.2 Å².